The summed E-state index contributed by atoms with van der Waals surface area (Å²) in [6.45, 7) is 8.89. The van der Waals surface area contributed by atoms with Gasteiger partial charge >= 0.3 is 0 Å². The quantitative estimate of drug-likeness (QED) is 0.754. The maximum Gasteiger partial charge on any atom is 0.183 e. The average molecular weight is 252 g/mol. The number of rotatable bonds is 2. The molecule has 1 aromatic carbocycles. The summed E-state index contributed by atoms with van der Waals surface area (Å²) in [5.41, 5.74) is 0.997. The van der Waals surface area contributed by atoms with Crippen LogP contribution in [-0.2, 0) is 14.3 Å². The molecule has 0 aliphatic carbocycles. The standard InChI is InChI=1S/C11H12O3.2C2H6/c12-6-9-7-13-11(14-8-9)10-4-2-1-3-5-10;2*1-2/h1-6,9,11H,7-8H2;2*1-2H3. The monoisotopic (exact) mass is 252 g/mol. The number of ether oxygens (including phenoxy) is 2. The van der Waals surface area contributed by atoms with Crippen LogP contribution in [0.1, 0.15) is 39.5 Å². The molecule has 1 aromatic rings. The van der Waals surface area contributed by atoms with E-state index >= 15 is 0 Å². The van der Waals surface area contributed by atoms with Gasteiger partial charge < -0.3 is 14.3 Å². The van der Waals surface area contributed by atoms with E-state index in [0.29, 0.717) is 13.2 Å². The van der Waals surface area contributed by atoms with Crippen molar-refractivity contribution < 1.29 is 14.3 Å². The van der Waals surface area contributed by atoms with Gasteiger partial charge in [0.1, 0.15) is 6.29 Å². The molecule has 0 amide bonds. The first-order valence-corrected chi connectivity index (χ1v) is 6.63. The molecule has 0 atom stereocenters. The van der Waals surface area contributed by atoms with E-state index < -0.39 is 0 Å². The molecule has 1 saturated heterocycles. The zero-order valence-corrected chi connectivity index (χ0v) is 11.8. The van der Waals surface area contributed by atoms with Crippen LogP contribution in [0.4, 0.5) is 0 Å². The maximum atomic E-state index is 10.4. The molecule has 0 N–H and O–H groups in total. The van der Waals surface area contributed by atoms with Crippen LogP contribution in [0.15, 0.2) is 30.3 Å². The van der Waals surface area contributed by atoms with Gasteiger partial charge in [-0.1, -0.05) is 58.0 Å². The zero-order chi connectivity index (χ0) is 13.8. The second kappa shape index (κ2) is 10.9. The minimum Gasteiger partial charge on any atom is -0.348 e. The van der Waals surface area contributed by atoms with Crippen molar-refractivity contribution in [2.24, 2.45) is 5.92 Å². The topological polar surface area (TPSA) is 35.5 Å². The number of hydrogen-bond donors (Lipinski definition) is 0. The van der Waals surface area contributed by atoms with Gasteiger partial charge in [0.25, 0.3) is 0 Å². The molecule has 2 rings (SSSR count). The minimum absolute atomic E-state index is 0.116. The highest BCUT2D eigenvalue weighted by Crippen LogP contribution is 2.23. The molecule has 0 bridgehead atoms. The Morgan fingerprint density at radius 1 is 1.00 bits per heavy atom. The van der Waals surface area contributed by atoms with Crippen molar-refractivity contribution in [2.75, 3.05) is 13.2 Å². The summed E-state index contributed by atoms with van der Waals surface area (Å²) in [5, 5.41) is 0. The van der Waals surface area contributed by atoms with E-state index in [1.54, 1.807) is 0 Å². The normalized spacial score (nSPS) is 21.8. The van der Waals surface area contributed by atoms with E-state index in [2.05, 4.69) is 0 Å². The van der Waals surface area contributed by atoms with Crippen LogP contribution < -0.4 is 0 Å². The molecule has 1 aliphatic heterocycles. The van der Waals surface area contributed by atoms with Crippen molar-refractivity contribution in [1.82, 2.24) is 0 Å². The summed E-state index contributed by atoms with van der Waals surface area (Å²) < 4.78 is 10.8. The van der Waals surface area contributed by atoms with Gasteiger partial charge in [-0.15, -0.1) is 0 Å². The molecule has 18 heavy (non-hydrogen) atoms. The molecule has 3 heteroatoms. The van der Waals surface area contributed by atoms with Gasteiger partial charge in [-0.3, -0.25) is 0 Å². The van der Waals surface area contributed by atoms with Crippen LogP contribution >= 0.6 is 0 Å². The van der Waals surface area contributed by atoms with E-state index in [0.717, 1.165) is 11.8 Å². The summed E-state index contributed by atoms with van der Waals surface area (Å²) >= 11 is 0. The fraction of sp³-hybridized carbons (Fsp3) is 0.533. The number of carbonyl (C=O) groups is 1. The largest absolute Gasteiger partial charge is 0.348 e. The smallest absolute Gasteiger partial charge is 0.183 e. The Labute approximate surface area is 110 Å². The third-order valence-electron chi connectivity index (χ3n) is 2.19. The molecule has 1 fully saturated rings. The number of benzene rings is 1. The number of carbonyl (C=O) groups excluding carboxylic acids is 1. The number of aldehydes is 1. The van der Waals surface area contributed by atoms with Crippen LogP contribution in [0, 0.1) is 5.92 Å². The van der Waals surface area contributed by atoms with Crippen LogP contribution in [0.2, 0.25) is 0 Å². The summed E-state index contributed by atoms with van der Waals surface area (Å²) in [5.74, 6) is -0.116. The van der Waals surface area contributed by atoms with E-state index in [1.807, 2.05) is 58.0 Å². The zero-order valence-electron chi connectivity index (χ0n) is 11.8. The van der Waals surface area contributed by atoms with E-state index in [9.17, 15) is 4.79 Å². The minimum atomic E-state index is -0.313. The Bertz CT molecular complexity index is 290. The van der Waals surface area contributed by atoms with Crippen LogP contribution in [0.25, 0.3) is 0 Å². The Balaban J connectivity index is 0.000000659. The molecular formula is C15H24O3. The predicted octanol–water partition coefficient (Wildman–Crippen LogP) is 3.60. The molecule has 0 unspecified atom stereocenters. The molecule has 0 saturated carbocycles. The Morgan fingerprint density at radius 3 is 1.94 bits per heavy atom. The lowest BCUT2D eigenvalue weighted by atomic mass is 10.1. The molecular weight excluding hydrogens is 228 g/mol. The fourth-order valence-electron chi connectivity index (χ4n) is 1.40. The maximum absolute atomic E-state index is 10.4. The highest BCUT2D eigenvalue weighted by Gasteiger charge is 2.22. The second-order valence-corrected chi connectivity index (χ2v) is 3.31. The van der Waals surface area contributed by atoms with E-state index in [-0.39, 0.29) is 12.2 Å². The lowest BCUT2D eigenvalue weighted by molar-refractivity contribution is -0.201. The van der Waals surface area contributed by atoms with Gasteiger partial charge in [0.15, 0.2) is 6.29 Å². The molecule has 1 aliphatic rings. The summed E-state index contributed by atoms with van der Waals surface area (Å²) in [7, 11) is 0. The first kappa shape index (κ1) is 16.8. The highest BCUT2D eigenvalue weighted by atomic mass is 16.7. The number of hydrogen-bond acceptors (Lipinski definition) is 3. The van der Waals surface area contributed by atoms with Crippen molar-refractivity contribution in [3.63, 3.8) is 0 Å². The Kier molecular flexibility index (Phi) is 10.2. The van der Waals surface area contributed by atoms with Crippen molar-refractivity contribution in [2.45, 2.75) is 34.0 Å². The van der Waals surface area contributed by atoms with Crippen LogP contribution in [0.3, 0.4) is 0 Å². The first-order chi connectivity index (χ1) is 8.90. The predicted molar refractivity (Wildman–Crippen MR) is 73.3 cm³/mol. The lowest BCUT2D eigenvalue weighted by Gasteiger charge is -2.26. The Hall–Kier alpha value is -1.19. The fourth-order valence-corrected chi connectivity index (χ4v) is 1.40. The average Bonchev–Trinajstić information content (AvgIpc) is 2.52. The van der Waals surface area contributed by atoms with Gasteiger partial charge in [-0.2, -0.15) is 0 Å². The van der Waals surface area contributed by atoms with Gasteiger partial charge in [-0.25, -0.2) is 0 Å². The van der Waals surface area contributed by atoms with E-state index in [4.69, 9.17) is 9.47 Å². The van der Waals surface area contributed by atoms with Gasteiger partial charge in [0.2, 0.25) is 0 Å². The third kappa shape index (κ3) is 5.43. The van der Waals surface area contributed by atoms with Crippen LogP contribution in [-0.4, -0.2) is 19.5 Å². The molecule has 0 radical (unpaired) electrons. The lowest BCUT2D eigenvalue weighted by Crippen LogP contribution is -2.27. The SMILES string of the molecule is CC.CC.O=CC1COC(c2ccccc2)OC1. The molecule has 0 aromatic heterocycles. The second-order valence-electron chi connectivity index (χ2n) is 3.31. The highest BCUT2D eigenvalue weighted by molar-refractivity contribution is 5.53. The van der Waals surface area contributed by atoms with Crippen molar-refractivity contribution in [3.8, 4) is 0 Å². The molecule has 1 heterocycles. The summed E-state index contributed by atoms with van der Waals surface area (Å²) in [6, 6.07) is 9.72. The van der Waals surface area contributed by atoms with E-state index in [1.165, 1.54) is 0 Å². The van der Waals surface area contributed by atoms with Gasteiger partial charge in [-0.05, 0) is 0 Å². The van der Waals surface area contributed by atoms with Gasteiger partial charge in [0, 0.05) is 5.56 Å². The first-order valence-electron chi connectivity index (χ1n) is 6.63. The molecule has 3 nitrogen and oxygen atoms in total. The van der Waals surface area contributed by atoms with Crippen molar-refractivity contribution in [1.29, 1.82) is 0 Å². The summed E-state index contributed by atoms with van der Waals surface area (Å²) in [6.07, 6.45) is 0.564. The Morgan fingerprint density at radius 2 is 1.50 bits per heavy atom. The molecule has 0 spiro atoms. The third-order valence-corrected chi connectivity index (χ3v) is 2.19. The van der Waals surface area contributed by atoms with Gasteiger partial charge in [0.05, 0.1) is 19.1 Å². The van der Waals surface area contributed by atoms with Crippen molar-refractivity contribution in [3.05, 3.63) is 35.9 Å². The van der Waals surface area contributed by atoms with Crippen molar-refractivity contribution >= 4 is 6.29 Å². The van der Waals surface area contributed by atoms with Crippen LogP contribution in [0.5, 0.6) is 0 Å². The molecule has 102 valence electrons. The summed E-state index contributed by atoms with van der Waals surface area (Å²) in [4.78, 5) is 10.4.